The summed E-state index contributed by atoms with van der Waals surface area (Å²) in [7, 11) is 0. The zero-order valence-electron chi connectivity index (χ0n) is 11.6. The first-order valence-corrected chi connectivity index (χ1v) is 8.31. The third-order valence-electron chi connectivity index (χ3n) is 2.89. The highest BCUT2D eigenvalue weighted by atomic mass is 79.9. The molecule has 0 saturated carbocycles. The van der Waals surface area contributed by atoms with E-state index in [1.165, 1.54) is 6.07 Å². The van der Waals surface area contributed by atoms with Gasteiger partial charge >= 0.3 is 0 Å². The Balaban J connectivity index is 2.20. The van der Waals surface area contributed by atoms with Gasteiger partial charge in [0.15, 0.2) is 0 Å². The summed E-state index contributed by atoms with van der Waals surface area (Å²) in [6.07, 6.45) is 1.07. The first kappa shape index (κ1) is 16.5. The fourth-order valence-electron chi connectivity index (χ4n) is 1.84. The molecule has 21 heavy (non-hydrogen) atoms. The van der Waals surface area contributed by atoms with E-state index in [0.717, 1.165) is 35.3 Å². The van der Waals surface area contributed by atoms with Gasteiger partial charge < -0.3 is 10.1 Å². The van der Waals surface area contributed by atoms with Crippen LogP contribution in [-0.2, 0) is 6.54 Å². The lowest BCUT2D eigenvalue weighted by Crippen LogP contribution is -2.14. The Kier molecular flexibility index (Phi) is 6.21. The van der Waals surface area contributed by atoms with Crippen molar-refractivity contribution in [3.8, 4) is 11.5 Å². The molecule has 5 heteroatoms. The molecule has 0 heterocycles. The molecule has 0 aliphatic heterocycles. The zero-order chi connectivity index (χ0) is 15.2. The fourth-order valence-corrected chi connectivity index (χ4v) is 2.42. The van der Waals surface area contributed by atoms with E-state index >= 15 is 0 Å². The Morgan fingerprint density at radius 3 is 2.67 bits per heavy atom. The molecule has 2 aromatic carbocycles. The molecule has 1 N–H and O–H groups in total. The Labute approximate surface area is 141 Å². The van der Waals surface area contributed by atoms with Crippen LogP contribution in [0.15, 0.2) is 45.3 Å². The van der Waals surface area contributed by atoms with Crippen molar-refractivity contribution in [2.24, 2.45) is 0 Å². The highest BCUT2D eigenvalue weighted by molar-refractivity contribution is 9.10. The minimum Gasteiger partial charge on any atom is -0.457 e. The Morgan fingerprint density at radius 1 is 1.14 bits per heavy atom. The lowest BCUT2D eigenvalue weighted by molar-refractivity contribution is 0.466. The van der Waals surface area contributed by atoms with Gasteiger partial charge in [0.1, 0.15) is 17.3 Å². The van der Waals surface area contributed by atoms with E-state index in [-0.39, 0.29) is 5.82 Å². The van der Waals surface area contributed by atoms with Crippen molar-refractivity contribution in [2.45, 2.75) is 19.9 Å². The molecule has 2 nitrogen and oxygen atoms in total. The lowest BCUT2D eigenvalue weighted by atomic mass is 10.2. The summed E-state index contributed by atoms with van der Waals surface area (Å²) in [6, 6.07) is 10.6. The van der Waals surface area contributed by atoms with E-state index < -0.39 is 0 Å². The summed E-state index contributed by atoms with van der Waals surface area (Å²) in [5, 5.41) is 3.34. The first-order valence-electron chi connectivity index (χ1n) is 6.72. The number of rotatable bonds is 6. The van der Waals surface area contributed by atoms with Crippen LogP contribution >= 0.6 is 31.9 Å². The molecule has 0 fully saturated rings. The predicted octanol–water partition coefficient (Wildman–Crippen LogP) is 5.64. The van der Waals surface area contributed by atoms with Gasteiger partial charge in [0.05, 0.1) is 4.47 Å². The second-order valence-corrected chi connectivity index (χ2v) is 6.38. The maximum atomic E-state index is 13.6. The van der Waals surface area contributed by atoms with E-state index in [2.05, 4.69) is 44.1 Å². The van der Waals surface area contributed by atoms with Crippen molar-refractivity contribution >= 4 is 31.9 Å². The van der Waals surface area contributed by atoms with Crippen molar-refractivity contribution in [1.82, 2.24) is 5.32 Å². The molecule has 0 spiro atoms. The summed E-state index contributed by atoms with van der Waals surface area (Å²) in [5.41, 5.74) is 1.04. The number of hydrogen-bond donors (Lipinski definition) is 1. The Hall–Kier alpha value is -0.910. The van der Waals surface area contributed by atoms with Gasteiger partial charge in [0.25, 0.3) is 0 Å². The average Bonchev–Trinajstić information content (AvgIpc) is 2.45. The van der Waals surface area contributed by atoms with Crippen LogP contribution in [0.4, 0.5) is 4.39 Å². The first-order chi connectivity index (χ1) is 10.1. The maximum absolute atomic E-state index is 13.6. The summed E-state index contributed by atoms with van der Waals surface area (Å²) in [4.78, 5) is 0. The van der Waals surface area contributed by atoms with Crippen molar-refractivity contribution in [3.05, 3.63) is 56.7 Å². The SMILES string of the molecule is CCCNCc1ccc(Br)cc1Oc1ccc(Br)c(F)c1. The maximum Gasteiger partial charge on any atom is 0.141 e. The second kappa shape index (κ2) is 7.92. The normalized spacial score (nSPS) is 10.7. The smallest absolute Gasteiger partial charge is 0.141 e. The zero-order valence-corrected chi connectivity index (χ0v) is 14.8. The second-order valence-electron chi connectivity index (χ2n) is 4.61. The third kappa shape index (κ3) is 4.80. The van der Waals surface area contributed by atoms with Gasteiger partial charge in [-0.1, -0.05) is 28.9 Å². The van der Waals surface area contributed by atoms with Crippen molar-refractivity contribution in [1.29, 1.82) is 0 Å². The number of ether oxygens (including phenoxy) is 1. The largest absolute Gasteiger partial charge is 0.457 e. The molecule has 0 aromatic heterocycles. The molecule has 0 saturated heterocycles. The van der Waals surface area contributed by atoms with Gasteiger partial charge in [-0.3, -0.25) is 0 Å². The van der Waals surface area contributed by atoms with Crippen LogP contribution in [0.3, 0.4) is 0 Å². The van der Waals surface area contributed by atoms with Gasteiger partial charge in [-0.05, 0) is 53.2 Å². The Bertz CT molecular complexity index is 619. The molecule has 0 amide bonds. The molecule has 0 unspecified atom stereocenters. The van der Waals surface area contributed by atoms with Crippen LogP contribution < -0.4 is 10.1 Å². The molecular weight excluding hydrogens is 401 g/mol. The lowest BCUT2D eigenvalue weighted by Gasteiger charge is -2.13. The van der Waals surface area contributed by atoms with Crippen molar-refractivity contribution in [3.63, 3.8) is 0 Å². The Morgan fingerprint density at radius 2 is 1.95 bits per heavy atom. The van der Waals surface area contributed by atoms with Crippen LogP contribution in [0.1, 0.15) is 18.9 Å². The number of halogens is 3. The van der Waals surface area contributed by atoms with Crippen LogP contribution in [0.2, 0.25) is 0 Å². The summed E-state index contributed by atoms with van der Waals surface area (Å²) in [6.45, 7) is 3.79. The van der Waals surface area contributed by atoms with Gasteiger partial charge in [-0.25, -0.2) is 4.39 Å². The summed E-state index contributed by atoms with van der Waals surface area (Å²) < 4.78 is 20.7. The molecule has 0 aliphatic carbocycles. The van der Waals surface area contributed by atoms with Crippen LogP contribution in [0.25, 0.3) is 0 Å². The molecule has 2 rings (SSSR count). The van der Waals surface area contributed by atoms with E-state index in [9.17, 15) is 4.39 Å². The van der Waals surface area contributed by atoms with Gasteiger partial charge in [0.2, 0.25) is 0 Å². The van der Waals surface area contributed by atoms with Crippen molar-refractivity contribution in [2.75, 3.05) is 6.54 Å². The quantitative estimate of drug-likeness (QED) is 0.615. The minimum absolute atomic E-state index is 0.340. The van der Waals surface area contributed by atoms with Gasteiger partial charge in [-0.15, -0.1) is 0 Å². The van der Waals surface area contributed by atoms with E-state index in [1.54, 1.807) is 12.1 Å². The van der Waals surface area contributed by atoms with E-state index in [4.69, 9.17) is 4.74 Å². The monoisotopic (exact) mass is 415 g/mol. The standard InChI is InChI=1S/C16H16Br2FNO/c1-2-7-20-10-11-3-4-12(17)8-16(11)21-13-5-6-14(18)15(19)9-13/h3-6,8-9,20H,2,7,10H2,1H3. The highest BCUT2D eigenvalue weighted by Crippen LogP contribution is 2.30. The number of hydrogen-bond acceptors (Lipinski definition) is 2. The number of nitrogens with one attached hydrogen (secondary N) is 1. The number of benzene rings is 2. The molecular formula is C16H16Br2FNO. The highest BCUT2D eigenvalue weighted by Gasteiger charge is 2.08. The average molecular weight is 417 g/mol. The predicted molar refractivity (Wildman–Crippen MR) is 90.3 cm³/mol. The summed E-state index contributed by atoms with van der Waals surface area (Å²) in [5.74, 6) is 0.855. The van der Waals surface area contributed by atoms with Crippen LogP contribution in [0, 0.1) is 5.82 Å². The van der Waals surface area contributed by atoms with E-state index in [1.807, 2.05) is 18.2 Å². The topological polar surface area (TPSA) is 21.3 Å². The molecule has 2 aromatic rings. The molecule has 0 bridgehead atoms. The van der Waals surface area contributed by atoms with Crippen LogP contribution in [-0.4, -0.2) is 6.54 Å². The van der Waals surface area contributed by atoms with Crippen LogP contribution in [0.5, 0.6) is 11.5 Å². The van der Waals surface area contributed by atoms with Gasteiger partial charge in [-0.2, -0.15) is 0 Å². The molecule has 0 atom stereocenters. The van der Waals surface area contributed by atoms with Crippen molar-refractivity contribution < 1.29 is 9.13 Å². The van der Waals surface area contributed by atoms with E-state index in [0.29, 0.717) is 10.2 Å². The van der Waals surface area contributed by atoms with Gasteiger partial charge in [0, 0.05) is 22.6 Å². The molecule has 0 aliphatic rings. The molecule has 112 valence electrons. The fraction of sp³-hybridized carbons (Fsp3) is 0.250. The molecule has 0 radical (unpaired) electrons. The third-order valence-corrected chi connectivity index (χ3v) is 4.03. The summed E-state index contributed by atoms with van der Waals surface area (Å²) >= 11 is 6.57. The minimum atomic E-state index is -0.340.